The molecule has 0 saturated carbocycles. The Hall–Kier alpha value is -3.64. The summed E-state index contributed by atoms with van der Waals surface area (Å²) in [7, 11) is 0. The SMILES string of the molecule is Fc1ccc(-c2[nH]cc(C3=C[C@@H]4C[C@@H](c5ccc(F)cc5F)CN4CC3)c2-c2ccncc2)cc1. The molecule has 0 amide bonds. The summed E-state index contributed by atoms with van der Waals surface area (Å²) in [6.45, 7) is 1.64. The van der Waals surface area contributed by atoms with E-state index in [1.165, 1.54) is 23.8 Å². The molecule has 0 bridgehead atoms. The van der Waals surface area contributed by atoms with Gasteiger partial charge in [0.15, 0.2) is 0 Å². The molecule has 0 unspecified atom stereocenters. The van der Waals surface area contributed by atoms with Crippen LogP contribution in [0.5, 0.6) is 0 Å². The number of benzene rings is 2. The second-order valence-corrected chi connectivity index (χ2v) is 9.30. The summed E-state index contributed by atoms with van der Waals surface area (Å²) in [5.41, 5.74) is 6.90. The number of aromatic amines is 1. The molecule has 1 fully saturated rings. The van der Waals surface area contributed by atoms with Gasteiger partial charge in [0.05, 0.1) is 5.69 Å². The minimum Gasteiger partial charge on any atom is -0.360 e. The average molecular weight is 472 g/mol. The summed E-state index contributed by atoms with van der Waals surface area (Å²) in [6.07, 6.45) is 9.54. The van der Waals surface area contributed by atoms with Crippen LogP contribution in [-0.2, 0) is 0 Å². The van der Waals surface area contributed by atoms with E-state index in [0.717, 1.165) is 59.9 Å². The minimum absolute atomic E-state index is 0.0388. The summed E-state index contributed by atoms with van der Waals surface area (Å²) in [4.78, 5) is 9.99. The molecule has 2 aromatic heterocycles. The highest BCUT2D eigenvalue weighted by molar-refractivity contribution is 5.91. The molecule has 6 heteroatoms. The summed E-state index contributed by atoms with van der Waals surface area (Å²) in [5.74, 6) is -1.24. The maximum absolute atomic E-state index is 14.4. The molecule has 0 spiro atoms. The average Bonchev–Trinajstić information content (AvgIpc) is 3.49. The quantitative estimate of drug-likeness (QED) is 0.355. The Labute approximate surface area is 202 Å². The van der Waals surface area contributed by atoms with Gasteiger partial charge in [0.25, 0.3) is 0 Å². The van der Waals surface area contributed by atoms with Crippen LogP contribution in [-0.4, -0.2) is 34.0 Å². The zero-order valence-electron chi connectivity index (χ0n) is 19.0. The van der Waals surface area contributed by atoms with Gasteiger partial charge in [-0.05, 0) is 77.6 Å². The lowest BCUT2D eigenvalue weighted by atomic mass is 9.90. The summed E-state index contributed by atoms with van der Waals surface area (Å²) < 4.78 is 41.4. The first kappa shape index (κ1) is 21.9. The third-order valence-electron chi connectivity index (χ3n) is 7.24. The second kappa shape index (κ2) is 8.86. The van der Waals surface area contributed by atoms with E-state index in [1.54, 1.807) is 30.6 Å². The van der Waals surface area contributed by atoms with Crippen molar-refractivity contribution in [3.63, 3.8) is 0 Å². The van der Waals surface area contributed by atoms with Gasteiger partial charge in [-0.3, -0.25) is 9.88 Å². The zero-order valence-corrected chi connectivity index (χ0v) is 19.0. The number of aromatic nitrogens is 2. The number of H-pyrrole nitrogens is 1. The Kier molecular flexibility index (Phi) is 5.53. The molecule has 3 nitrogen and oxygen atoms in total. The Balaban J connectivity index is 1.37. The Morgan fingerprint density at radius 2 is 1.66 bits per heavy atom. The van der Waals surface area contributed by atoms with Crippen LogP contribution in [0.4, 0.5) is 13.2 Å². The fourth-order valence-electron chi connectivity index (χ4n) is 5.57. The summed E-state index contributed by atoms with van der Waals surface area (Å²) in [5, 5.41) is 0. The van der Waals surface area contributed by atoms with Crippen LogP contribution >= 0.6 is 0 Å². The van der Waals surface area contributed by atoms with Gasteiger partial charge in [-0.1, -0.05) is 12.1 Å². The molecule has 1 N–H and O–H groups in total. The Bertz CT molecular complexity index is 1390. The number of halogens is 3. The molecule has 2 aliphatic heterocycles. The van der Waals surface area contributed by atoms with E-state index in [9.17, 15) is 13.2 Å². The third kappa shape index (κ3) is 4.08. The van der Waals surface area contributed by atoms with Gasteiger partial charge in [-0.2, -0.15) is 0 Å². The first-order chi connectivity index (χ1) is 17.1. The van der Waals surface area contributed by atoms with Crippen molar-refractivity contribution in [2.24, 2.45) is 0 Å². The summed E-state index contributed by atoms with van der Waals surface area (Å²) in [6, 6.07) is 14.6. The van der Waals surface area contributed by atoms with E-state index in [1.807, 2.05) is 18.3 Å². The van der Waals surface area contributed by atoms with E-state index < -0.39 is 11.6 Å². The predicted octanol–water partition coefficient (Wildman–Crippen LogP) is 6.81. The maximum Gasteiger partial charge on any atom is 0.129 e. The fraction of sp³-hybridized carbons (Fsp3) is 0.207. The van der Waals surface area contributed by atoms with Gasteiger partial charge in [0.1, 0.15) is 17.5 Å². The number of rotatable bonds is 4. The highest BCUT2D eigenvalue weighted by Crippen LogP contribution is 2.43. The number of hydrogen-bond donors (Lipinski definition) is 1. The van der Waals surface area contributed by atoms with Crippen LogP contribution < -0.4 is 0 Å². The molecule has 6 rings (SSSR count). The van der Waals surface area contributed by atoms with Gasteiger partial charge < -0.3 is 4.98 Å². The van der Waals surface area contributed by atoms with Crippen molar-refractivity contribution in [3.05, 3.63) is 108 Å². The van der Waals surface area contributed by atoms with Crippen molar-refractivity contribution in [1.29, 1.82) is 0 Å². The number of fused-ring (bicyclic) bond motifs is 1. The molecule has 176 valence electrons. The van der Waals surface area contributed by atoms with Crippen molar-refractivity contribution >= 4 is 5.57 Å². The molecular formula is C29H24F3N3. The smallest absolute Gasteiger partial charge is 0.129 e. The highest BCUT2D eigenvalue weighted by atomic mass is 19.1. The van der Waals surface area contributed by atoms with Crippen molar-refractivity contribution in [2.75, 3.05) is 13.1 Å². The maximum atomic E-state index is 14.4. The van der Waals surface area contributed by atoms with E-state index in [2.05, 4.69) is 20.9 Å². The molecular weight excluding hydrogens is 447 g/mol. The largest absolute Gasteiger partial charge is 0.360 e. The third-order valence-corrected chi connectivity index (χ3v) is 7.24. The lowest BCUT2D eigenvalue weighted by molar-refractivity contribution is 0.285. The van der Waals surface area contributed by atoms with E-state index in [4.69, 9.17) is 0 Å². The van der Waals surface area contributed by atoms with Gasteiger partial charge >= 0.3 is 0 Å². The fourth-order valence-corrected chi connectivity index (χ4v) is 5.57. The Morgan fingerprint density at radius 3 is 2.43 bits per heavy atom. The molecule has 4 heterocycles. The van der Waals surface area contributed by atoms with Crippen LogP contribution in [0.15, 0.2) is 79.3 Å². The van der Waals surface area contributed by atoms with Crippen LogP contribution in [0.1, 0.15) is 29.9 Å². The number of hydrogen-bond acceptors (Lipinski definition) is 2. The molecule has 1 saturated heterocycles. The Morgan fingerprint density at radius 1 is 0.886 bits per heavy atom. The van der Waals surface area contributed by atoms with Crippen LogP contribution in [0.3, 0.4) is 0 Å². The van der Waals surface area contributed by atoms with Crippen molar-refractivity contribution in [3.8, 4) is 22.4 Å². The van der Waals surface area contributed by atoms with Gasteiger partial charge in [0, 0.05) is 60.8 Å². The number of nitrogens with zero attached hydrogens (tertiary/aromatic N) is 2. The number of pyridine rings is 1. The van der Waals surface area contributed by atoms with Gasteiger partial charge in [0.2, 0.25) is 0 Å². The zero-order chi connectivity index (χ0) is 23.9. The molecule has 2 aromatic carbocycles. The van der Waals surface area contributed by atoms with Crippen LogP contribution in [0, 0.1) is 17.5 Å². The van der Waals surface area contributed by atoms with Crippen molar-refractivity contribution < 1.29 is 13.2 Å². The van der Waals surface area contributed by atoms with Gasteiger partial charge in [-0.25, -0.2) is 13.2 Å². The van der Waals surface area contributed by atoms with Gasteiger partial charge in [-0.15, -0.1) is 0 Å². The van der Waals surface area contributed by atoms with E-state index >= 15 is 0 Å². The van der Waals surface area contributed by atoms with Crippen LogP contribution in [0.2, 0.25) is 0 Å². The first-order valence-electron chi connectivity index (χ1n) is 11.8. The lowest BCUT2D eigenvalue weighted by Crippen LogP contribution is -2.32. The highest BCUT2D eigenvalue weighted by Gasteiger charge is 2.35. The molecule has 4 aromatic rings. The molecule has 0 aliphatic carbocycles. The molecule has 2 atom stereocenters. The monoisotopic (exact) mass is 471 g/mol. The van der Waals surface area contributed by atoms with Crippen molar-refractivity contribution in [2.45, 2.75) is 24.8 Å². The van der Waals surface area contributed by atoms with Crippen LogP contribution in [0.25, 0.3) is 28.0 Å². The molecule has 2 aliphatic rings. The first-order valence-corrected chi connectivity index (χ1v) is 11.8. The summed E-state index contributed by atoms with van der Waals surface area (Å²) >= 11 is 0. The second-order valence-electron chi connectivity index (χ2n) is 9.30. The van der Waals surface area contributed by atoms with E-state index in [0.29, 0.717) is 5.56 Å². The van der Waals surface area contributed by atoms with E-state index in [-0.39, 0.29) is 17.8 Å². The molecule has 0 radical (unpaired) electrons. The predicted molar refractivity (Wildman–Crippen MR) is 131 cm³/mol. The normalized spacial score (nSPS) is 20.0. The topological polar surface area (TPSA) is 31.9 Å². The standard InChI is InChI=1S/C29H24F3N3/c30-22-3-1-19(2-4-22)29-28(18-7-10-33-11-8-18)26(16-34-29)20-9-12-35-17-21(14-24(35)13-20)25-6-5-23(31)15-27(25)32/h1-8,10-11,13,15-16,21,24,34H,9,12,14,17H2/t21-,24-/m1/s1. The number of nitrogens with one attached hydrogen (secondary N) is 1. The molecule has 35 heavy (non-hydrogen) atoms. The minimum atomic E-state index is -0.544. The van der Waals surface area contributed by atoms with Crippen molar-refractivity contribution in [1.82, 2.24) is 14.9 Å². The lowest BCUT2D eigenvalue weighted by Gasteiger charge is -2.28.